The largest absolute Gasteiger partial charge is 0.107 e. The fourth-order valence-electron chi connectivity index (χ4n) is 1.27. The Hall–Kier alpha value is -0.0500. The van der Waals surface area contributed by atoms with E-state index in [1.165, 1.54) is 32.1 Å². The first-order valence-electron chi connectivity index (χ1n) is 7.96. The van der Waals surface area contributed by atoms with Crippen LogP contribution < -0.4 is 0 Å². The fraction of sp³-hybridized carbons (Fsp3) is 0.684. The second-order valence-electron chi connectivity index (χ2n) is 6.39. The highest BCUT2D eigenvalue weighted by Crippen LogP contribution is 2.15. The normalized spacial score (nSPS) is 12.0. The van der Waals surface area contributed by atoms with Gasteiger partial charge in [-0.25, -0.2) is 0 Å². The lowest BCUT2D eigenvalue weighted by atomic mass is 10.3. The Morgan fingerprint density at radius 1 is 0.450 bits per heavy atom. The minimum absolute atomic E-state index is 0. The average Bonchev–Trinajstić information content (AvgIpc) is 2.88. The molecule has 20 heavy (non-hydrogen) atoms. The first-order valence-corrected chi connectivity index (χ1v) is 7.96. The Morgan fingerprint density at radius 3 is 0.650 bits per heavy atom. The van der Waals surface area contributed by atoms with Crippen LogP contribution in [0.1, 0.15) is 73.6 Å². The molecule has 0 nitrogen and oxygen atoms in total. The third-order valence-corrected chi connectivity index (χ3v) is 1.92. The van der Waals surface area contributed by atoms with E-state index in [0.29, 0.717) is 0 Å². The minimum atomic E-state index is 0. The van der Waals surface area contributed by atoms with Crippen molar-refractivity contribution in [3.63, 3.8) is 0 Å². The lowest BCUT2D eigenvalue weighted by molar-refractivity contribution is 0.736. The molecule has 1 saturated carbocycles. The molecule has 0 heterocycles. The molecule has 0 atom stereocenters. The molecule has 120 valence electrons. The van der Waals surface area contributed by atoms with Crippen molar-refractivity contribution in [2.24, 2.45) is 11.8 Å². The molecule has 0 amide bonds. The molecule has 1 aliphatic rings. The quantitative estimate of drug-likeness (QED) is 0.399. The molecule has 1 fully saturated rings. The highest BCUT2D eigenvalue weighted by Gasteiger charge is 1.95. The smallest absolute Gasteiger partial charge is 0.0500 e. The van der Waals surface area contributed by atoms with Crippen LogP contribution >= 0.6 is 24.0 Å². The molecule has 0 aliphatic heterocycles. The standard InChI is InChI=1S/C6H6.C5H10.2C4H10.HI/c1-2-4-6-5-3-1;1-2-4-5-3-1;2*1-4(2)3;/h1-6H;1-5H2;2*4H,1-3H3;1H. The van der Waals surface area contributed by atoms with Crippen molar-refractivity contribution in [2.75, 3.05) is 0 Å². The van der Waals surface area contributed by atoms with Crippen LogP contribution in [0.25, 0.3) is 0 Å². The minimum Gasteiger partial charge on any atom is -0.107 e. The van der Waals surface area contributed by atoms with Crippen LogP contribution in [0, 0.1) is 11.8 Å². The third-order valence-electron chi connectivity index (χ3n) is 1.92. The fourth-order valence-corrected chi connectivity index (χ4v) is 1.27. The maximum atomic E-state index is 2.17. The summed E-state index contributed by atoms with van der Waals surface area (Å²) in [6, 6.07) is 12.0. The first kappa shape index (κ1) is 24.9. The molecule has 0 radical (unpaired) electrons. The van der Waals surface area contributed by atoms with Crippen molar-refractivity contribution >= 4 is 24.0 Å². The Labute approximate surface area is 145 Å². The van der Waals surface area contributed by atoms with E-state index < -0.39 is 0 Å². The summed E-state index contributed by atoms with van der Waals surface area (Å²) in [5.74, 6) is 1.67. The van der Waals surface area contributed by atoms with Crippen molar-refractivity contribution < 1.29 is 0 Å². The lowest BCUT2D eigenvalue weighted by Gasteiger charge is -1.79. The number of halogens is 1. The summed E-state index contributed by atoms with van der Waals surface area (Å²) >= 11 is 0. The van der Waals surface area contributed by atoms with E-state index >= 15 is 0 Å². The zero-order valence-corrected chi connectivity index (χ0v) is 16.9. The zero-order valence-electron chi connectivity index (χ0n) is 14.6. The van der Waals surface area contributed by atoms with Crippen LogP contribution in [0.5, 0.6) is 0 Å². The lowest BCUT2D eigenvalue weighted by Crippen LogP contribution is -1.66. The Balaban J connectivity index is -0.000000193. The van der Waals surface area contributed by atoms with Crippen molar-refractivity contribution in [3.05, 3.63) is 36.4 Å². The molecule has 0 aromatic heterocycles. The van der Waals surface area contributed by atoms with Gasteiger partial charge in [-0.2, -0.15) is 0 Å². The van der Waals surface area contributed by atoms with Gasteiger partial charge in [0, 0.05) is 0 Å². The van der Waals surface area contributed by atoms with E-state index in [-0.39, 0.29) is 24.0 Å². The van der Waals surface area contributed by atoms with Crippen LogP contribution in [0.15, 0.2) is 36.4 Å². The van der Waals surface area contributed by atoms with Crippen molar-refractivity contribution in [1.82, 2.24) is 0 Å². The van der Waals surface area contributed by atoms with Gasteiger partial charge in [-0.3, -0.25) is 0 Å². The molecule has 1 aliphatic carbocycles. The summed E-state index contributed by atoms with van der Waals surface area (Å²) in [5.41, 5.74) is 0. The van der Waals surface area contributed by atoms with E-state index in [9.17, 15) is 0 Å². The van der Waals surface area contributed by atoms with Gasteiger partial charge in [0.2, 0.25) is 0 Å². The van der Waals surface area contributed by atoms with E-state index in [2.05, 4.69) is 41.5 Å². The second-order valence-corrected chi connectivity index (χ2v) is 6.39. The molecule has 1 aromatic rings. The molecular weight excluding hydrogens is 355 g/mol. The molecule has 0 unspecified atom stereocenters. The monoisotopic (exact) mass is 392 g/mol. The predicted octanol–water partition coefficient (Wildman–Crippen LogP) is 7.58. The van der Waals surface area contributed by atoms with E-state index in [1.807, 2.05) is 36.4 Å². The summed E-state index contributed by atoms with van der Waals surface area (Å²) < 4.78 is 0. The number of rotatable bonds is 0. The van der Waals surface area contributed by atoms with Crippen LogP contribution in [-0.4, -0.2) is 0 Å². The molecule has 1 aromatic carbocycles. The van der Waals surface area contributed by atoms with Gasteiger partial charge in [0.1, 0.15) is 0 Å². The Kier molecular flexibility index (Phi) is 26.5. The van der Waals surface area contributed by atoms with Crippen LogP contribution in [0.4, 0.5) is 0 Å². The van der Waals surface area contributed by atoms with E-state index in [1.54, 1.807) is 0 Å². The molecular formula is C19H37I. The Morgan fingerprint density at radius 2 is 0.550 bits per heavy atom. The van der Waals surface area contributed by atoms with Gasteiger partial charge in [0.25, 0.3) is 0 Å². The predicted molar refractivity (Wildman–Crippen MR) is 106 cm³/mol. The SMILES string of the molecule is C1CCCC1.CC(C)C.CC(C)C.I.c1ccccc1. The third kappa shape index (κ3) is 43.0. The van der Waals surface area contributed by atoms with Gasteiger partial charge in [0.15, 0.2) is 0 Å². The maximum Gasteiger partial charge on any atom is -0.0500 e. The average molecular weight is 392 g/mol. The topological polar surface area (TPSA) is 0 Å². The van der Waals surface area contributed by atoms with Gasteiger partial charge < -0.3 is 0 Å². The van der Waals surface area contributed by atoms with Gasteiger partial charge in [-0.15, -0.1) is 24.0 Å². The molecule has 2 rings (SSSR count). The second kappa shape index (κ2) is 21.3. The molecule has 1 heteroatoms. The van der Waals surface area contributed by atoms with Crippen molar-refractivity contribution in [2.45, 2.75) is 73.6 Å². The van der Waals surface area contributed by atoms with Crippen LogP contribution in [0.2, 0.25) is 0 Å². The van der Waals surface area contributed by atoms with Crippen LogP contribution in [0.3, 0.4) is 0 Å². The van der Waals surface area contributed by atoms with Gasteiger partial charge in [-0.05, 0) is 11.8 Å². The maximum absolute atomic E-state index is 2.17. The number of benzene rings is 1. The van der Waals surface area contributed by atoms with Crippen molar-refractivity contribution in [3.8, 4) is 0 Å². The van der Waals surface area contributed by atoms with Crippen molar-refractivity contribution in [1.29, 1.82) is 0 Å². The zero-order chi connectivity index (χ0) is 14.9. The van der Waals surface area contributed by atoms with Gasteiger partial charge in [0.05, 0.1) is 0 Å². The number of hydrogen-bond acceptors (Lipinski definition) is 0. The summed E-state index contributed by atoms with van der Waals surface area (Å²) in [6.45, 7) is 13.0. The van der Waals surface area contributed by atoms with E-state index in [4.69, 9.17) is 0 Å². The first-order chi connectivity index (χ1) is 8.96. The number of hydrogen-bond donors (Lipinski definition) is 0. The summed E-state index contributed by atoms with van der Waals surface area (Å²) in [5, 5.41) is 0. The Bertz CT molecular complexity index is 179. The van der Waals surface area contributed by atoms with Gasteiger partial charge >= 0.3 is 0 Å². The van der Waals surface area contributed by atoms with E-state index in [0.717, 1.165) is 11.8 Å². The highest BCUT2D eigenvalue weighted by atomic mass is 127. The molecule has 0 bridgehead atoms. The molecule has 0 spiro atoms. The summed E-state index contributed by atoms with van der Waals surface area (Å²) in [7, 11) is 0. The summed E-state index contributed by atoms with van der Waals surface area (Å²) in [4.78, 5) is 0. The summed E-state index contributed by atoms with van der Waals surface area (Å²) in [6.07, 6.45) is 7.50. The van der Waals surface area contributed by atoms with Crippen LogP contribution in [-0.2, 0) is 0 Å². The molecule has 0 N–H and O–H groups in total. The molecule has 0 saturated heterocycles. The highest BCUT2D eigenvalue weighted by molar-refractivity contribution is 14.0. The van der Waals surface area contributed by atoms with Gasteiger partial charge in [-0.1, -0.05) is 110 Å².